The molecule has 0 aliphatic carbocycles. The number of cyclic esters (lactones) is 1. The zero-order chi connectivity index (χ0) is 21.3. The fourth-order valence-corrected chi connectivity index (χ4v) is 3.08. The maximum Gasteiger partial charge on any atom is 0.414 e. The maximum absolute atomic E-state index is 14.8. The van der Waals surface area contributed by atoms with Crippen LogP contribution < -0.4 is 10.2 Å². The minimum Gasteiger partial charge on any atom is -0.442 e. The largest absolute Gasteiger partial charge is 0.442 e. The smallest absolute Gasteiger partial charge is 0.414 e. The lowest BCUT2D eigenvalue weighted by atomic mass is 10.2. The van der Waals surface area contributed by atoms with Gasteiger partial charge in [-0.05, 0) is 24.3 Å². The van der Waals surface area contributed by atoms with Gasteiger partial charge < -0.3 is 24.3 Å². The van der Waals surface area contributed by atoms with Crippen LogP contribution in [0, 0.1) is 5.82 Å². The Morgan fingerprint density at radius 3 is 2.93 bits per heavy atom. The van der Waals surface area contributed by atoms with Gasteiger partial charge in [0.1, 0.15) is 18.5 Å². The van der Waals surface area contributed by atoms with Crippen LogP contribution in [0.3, 0.4) is 0 Å². The van der Waals surface area contributed by atoms with Crippen LogP contribution in [-0.4, -0.2) is 51.0 Å². The van der Waals surface area contributed by atoms with Gasteiger partial charge in [0.2, 0.25) is 11.7 Å². The summed E-state index contributed by atoms with van der Waals surface area (Å²) in [6.45, 7) is 1.41. The number of carbonyl (C=O) groups is 2. The summed E-state index contributed by atoms with van der Waals surface area (Å²) in [6, 6.07) is 6.08. The number of nitrogens with zero attached hydrogens (tertiary/aromatic N) is 4. The van der Waals surface area contributed by atoms with E-state index in [-0.39, 0.29) is 43.0 Å². The third-order valence-electron chi connectivity index (χ3n) is 4.53. The van der Waals surface area contributed by atoms with Gasteiger partial charge in [0.15, 0.2) is 0 Å². The lowest BCUT2D eigenvalue weighted by Crippen LogP contribution is -2.33. The predicted octanol–water partition coefficient (Wildman–Crippen LogP) is 1.62. The fraction of sp³-hybridized carbons (Fsp3) is 0.263. The molecule has 2 amide bonds. The number of aliphatic hydroxyl groups is 1. The summed E-state index contributed by atoms with van der Waals surface area (Å²) in [5.41, 5.74) is 1.20. The van der Waals surface area contributed by atoms with Crippen molar-refractivity contribution in [2.45, 2.75) is 19.6 Å². The molecule has 0 radical (unpaired) electrons. The van der Waals surface area contributed by atoms with Gasteiger partial charge in [0.25, 0.3) is 5.89 Å². The number of hydrogen-bond donors (Lipinski definition) is 2. The average Bonchev–Trinajstić information content (AvgIpc) is 3.45. The number of benzene rings is 1. The lowest BCUT2D eigenvalue weighted by Gasteiger charge is -2.14. The molecule has 0 spiro atoms. The first-order valence-electron chi connectivity index (χ1n) is 9.09. The van der Waals surface area contributed by atoms with Crippen molar-refractivity contribution >= 4 is 17.7 Å². The number of nitrogens with one attached hydrogen (secondary N) is 1. The standard InChI is InChI=1S/C19H18FN5O5/c1-11(27)21-7-14-9-25(19(28)29-14)13-2-3-16(15(20)6-13)24-5-4-12(8-24)18-22-17(10-26)30-23-18/h2-6,8,14,26H,7,9-10H2,1H3,(H,21,27). The predicted molar refractivity (Wildman–Crippen MR) is 101 cm³/mol. The van der Waals surface area contributed by atoms with Gasteiger partial charge in [0, 0.05) is 24.9 Å². The van der Waals surface area contributed by atoms with E-state index in [2.05, 4.69) is 15.5 Å². The second kappa shape index (κ2) is 7.95. The zero-order valence-corrected chi connectivity index (χ0v) is 15.9. The van der Waals surface area contributed by atoms with Crippen LogP contribution in [0.4, 0.5) is 14.9 Å². The van der Waals surface area contributed by atoms with Crippen LogP contribution >= 0.6 is 0 Å². The molecule has 2 aromatic heterocycles. The topological polar surface area (TPSA) is 123 Å². The second-order valence-corrected chi connectivity index (χ2v) is 6.67. The van der Waals surface area contributed by atoms with Gasteiger partial charge >= 0.3 is 6.09 Å². The Morgan fingerprint density at radius 2 is 2.23 bits per heavy atom. The highest BCUT2D eigenvalue weighted by atomic mass is 19.1. The molecule has 1 unspecified atom stereocenters. The lowest BCUT2D eigenvalue weighted by molar-refractivity contribution is -0.119. The number of amides is 2. The Hall–Kier alpha value is -3.73. The van der Waals surface area contributed by atoms with Crippen LogP contribution in [0.2, 0.25) is 0 Å². The Morgan fingerprint density at radius 1 is 1.40 bits per heavy atom. The molecule has 1 aliphatic heterocycles. The maximum atomic E-state index is 14.8. The molecule has 1 aliphatic rings. The van der Waals surface area contributed by atoms with E-state index in [1.54, 1.807) is 29.1 Å². The highest BCUT2D eigenvalue weighted by molar-refractivity contribution is 5.90. The average molecular weight is 415 g/mol. The summed E-state index contributed by atoms with van der Waals surface area (Å²) >= 11 is 0. The Balaban J connectivity index is 1.51. The van der Waals surface area contributed by atoms with Crippen molar-refractivity contribution in [2.75, 3.05) is 18.0 Å². The van der Waals surface area contributed by atoms with E-state index in [4.69, 9.17) is 14.4 Å². The van der Waals surface area contributed by atoms with Crippen molar-refractivity contribution < 1.29 is 28.3 Å². The Kier molecular flexibility index (Phi) is 5.19. The minimum absolute atomic E-state index is 0.0857. The number of carbonyl (C=O) groups excluding carboxylic acids is 2. The first-order valence-corrected chi connectivity index (χ1v) is 9.09. The summed E-state index contributed by atoms with van der Waals surface area (Å²) in [4.78, 5) is 28.5. The number of aromatic nitrogens is 3. The van der Waals surface area contributed by atoms with E-state index in [0.29, 0.717) is 11.3 Å². The van der Waals surface area contributed by atoms with Crippen LogP contribution in [-0.2, 0) is 16.1 Å². The summed E-state index contributed by atoms with van der Waals surface area (Å²) in [6.07, 6.45) is 2.15. The zero-order valence-electron chi connectivity index (χ0n) is 15.9. The molecule has 4 rings (SSSR count). The molecule has 1 fully saturated rings. The first kappa shape index (κ1) is 19.6. The molecule has 3 heterocycles. The van der Waals surface area contributed by atoms with Gasteiger partial charge in [-0.15, -0.1) is 0 Å². The van der Waals surface area contributed by atoms with Crippen molar-refractivity contribution in [1.82, 2.24) is 20.0 Å². The quantitative estimate of drug-likeness (QED) is 0.627. The van der Waals surface area contributed by atoms with Crippen molar-refractivity contribution in [3.63, 3.8) is 0 Å². The molecule has 30 heavy (non-hydrogen) atoms. The molecule has 156 valence electrons. The Labute approximate surface area is 169 Å². The number of hydrogen-bond acceptors (Lipinski definition) is 7. The summed E-state index contributed by atoms with van der Waals surface area (Å²) in [7, 11) is 0. The van der Waals surface area contributed by atoms with E-state index >= 15 is 0 Å². The number of aliphatic hydroxyl groups excluding tert-OH is 1. The summed E-state index contributed by atoms with van der Waals surface area (Å²) in [5.74, 6) is -0.404. The van der Waals surface area contributed by atoms with Crippen molar-refractivity contribution in [3.05, 3.63) is 48.4 Å². The van der Waals surface area contributed by atoms with Gasteiger partial charge in [-0.25, -0.2) is 9.18 Å². The second-order valence-electron chi connectivity index (χ2n) is 6.67. The number of anilines is 1. The monoisotopic (exact) mass is 415 g/mol. The first-order chi connectivity index (χ1) is 14.4. The van der Waals surface area contributed by atoms with Gasteiger partial charge in [-0.3, -0.25) is 9.69 Å². The van der Waals surface area contributed by atoms with Crippen molar-refractivity contribution in [1.29, 1.82) is 0 Å². The van der Waals surface area contributed by atoms with E-state index in [1.807, 2.05) is 0 Å². The van der Waals surface area contributed by atoms with Crippen LogP contribution in [0.15, 0.2) is 41.2 Å². The SMILES string of the molecule is CC(=O)NCC1CN(c2ccc(-n3ccc(-c4noc(CO)n4)c3)c(F)c2)C(=O)O1. The van der Waals surface area contributed by atoms with Gasteiger partial charge in [-0.2, -0.15) is 4.98 Å². The Bertz CT molecular complexity index is 1090. The third kappa shape index (κ3) is 3.87. The van der Waals surface area contributed by atoms with Crippen LogP contribution in [0.1, 0.15) is 12.8 Å². The number of ether oxygens (including phenoxy) is 1. The van der Waals surface area contributed by atoms with E-state index < -0.39 is 18.0 Å². The van der Waals surface area contributed by atoms with Gasteiger partial charge in [0.05, 0.1) is 24.5 Å². The number of rotatable bonds is 6. The molecule has 0 bridgehead atoms. The van der Waals surface area contributed by atoms with Crippen molar-refractivity contribution in [3.8, 4) is 17.1 Å². The summed E-state index contributed by atoms with van der Waals surface area (Å²) < 4.78 is 26.4. The minimum atomic E-state index is -0.599. The highest BCUT2D eigenvalue weighted by Crippen LogP contribution is 2.27. The highest BCUT2D eigenvalue weighted by Gasteiger charge is 2.32. The third-order valence-corrected chi connectivity index (χ3v) is 4.53. The molecule has 0 saturated carbocycles. The normalized spacial score (nSPS) is 16.0. The molecule has 2 N–H and O–H groups in total. The van der Waals surface area contributed by atoms with E-state index in [0.717, 1.165) is 0 Å². The molecule has 1 atom stereocenters. The molecule has 1 saturated heterocycles. The van der Waals surface area contributed by atoms with Crippen molar-refractivity contribution in [2.24, 2.45) is 0 Å². The fourth-order valence-electron chi connectivity index (χ4n) is 3.08. The molecule has 1 aromatic carbocycles. The van der Waals surface area contributed by atoms with Crippen LogP contribution in [0.5, 0.6) is 0 Å². The summed E-state index contributed by atoms with van der Waals surface area (Å²) in [5, 5.41) is 15.4. The molecular formula is C19H18FN5O5. The van der Waals surface area contributed by atoms with Crippen LogP contribution in [0.25, 0.3) is 17.1 Å². The molecule has 3 aromatic rings. The number of halogens is 1. The molecule has 10 nitrogen and oxygen atoms in total. The van der Waals surface area contributed by atoms with E-state index in [1.165, 1.54) is 24.0 Å². The molecular weight excluding hydrogens is 397 g/mol. The van der Waals surface area contributed by atoms with Gasteiger partial charge in [-0.1, -0.05) is 5.16 Å². The molecule has 11 heteroatoms. The van der Waals surface area contributed by atoms with E-state index in [9.17, 15) is 14.0 Å².